The third-order valence-electron chi connectivity index (χ3n) is 3.36. The molecule has 0 fully saturated rings. The van der Waals surface area contributed by atoms with E-state index in [0.29, 0.717) is 11.1 Å². The van der Waals surface area contributed by atoms with E-state index in [1.807, 2.05) is 12.1 Å². The molecule has 0 amide bonds. The monoisotopic (exact) mass is 288 g/mol. The zero-order valence-electron chi connectivity index (χ0n) is 11.8. The molecule has 2 nitrogen and oxygen atoms in total. The van der Waals surface area contributed by atoms with Crippen molar-refractivity contribution in [2.24, 2.45) is 0 Å². The molecule has 3 heteroatoms. The van der Waals surface area contributed by atoms with E-state index in [9.17, 15) is 0 Å². The molecular formula is C17H21ClN2. The Morgan fingerprint density at radius 1 is 1.15 bits per heavy atom. The van der Waals surface area contributed by atoms with Crippen LogP contribution in [0.1, 0.15) is 37.1 Å². The van der Waals surface area contributed by atoms with Gasteiger partial charge < -0.3 is 5.32 Å². The molecule has 1 N–H and O–H groups in total. The zero-order chi connectivity index (χ0) is 14.2. The molecule has 1 heterocycles. The number of halogens is 1. The van der Waals surface area contributed by atoms with Crippen LogP contribution in [0, 0.1) is 0 Å². The van der Waals surface area contributed by atoms with Crippen molar-refractivity contribution in [3.05, 3.63) is 64.9 Å². The fourth-order valence-electron chi connectivity index (χ4n) is 2.35. The van der Waals surface area contributed by atoms with Crippen LogP contribution in [0.4, 0.5) is 0 Å². The second kappa shape index (κ2) is 8.03. The Kier molecular flexibility index (Phi) is 6.03. The number of aromatic nitrogens is 1. The quantitative estimate of drug-likeness (QED) is 0.816. The van der Waals surface area contributed by atoms with Gasteiger partial charge >= 0.3 is 0 Å². The van der Waals surface area contributed by atoms with E-state index in [2.05, 4.69) is 47.6 Å². The average Bonchev–Trinajstić information content (AvgIpc) is 2.48. The lowest BCUT2D eigenvalue weighted by atomic mass is 10.0. The first-order chi connectivity index (χ1) is 9.79. The van der Waals surface area contributed by atoms with E-state index >= 15 is 0 Å². The lowest BCUT2D eigenvalue weighted by molar-refractivity contribution is 0.487. The molecule has 1 unspecified atom stereocenters. The van der Waals surface area contributed by atoms with Gasteiger partial charge in [0.25, 0.3) is 0 Å². The van der Waals surface area contributed by atoms with E-state index < -0.39 is 0 Å². The maximum atomic E-state index is 5.89. The summed E-state index contributed by atoms with van der Waals surface area (Å²) in [5.74, 6) is 0. The number of nitrogens with zero attached hydrogens (tertiary/aromatic N) is 1. The number of rotatable bonds is 7. The van der Waals surface area contributed by atoms with Crippen LogP contribution in [0.5, 0.6) is 0 Å². The van der Waals surface area contributed by atoms with Crippen LogP contribution in [0.2, 0.25) is 5.02 Å². The predicted octanol–water partition coefficient (Wildman–Crippen LogP) is 4.41. The Balaban J connectivity index is 1.90. The molecule has 0 aliphatic heterocycles. The summed E-state index contributed by atoms with van der Waals surface area (Å²) in [5.41, 5.74) is 2.47. The van der Waals surface area contributed by atoms with Crippen molar-refractivity contribution < 1.29 is 0 Å². The molecular weight excluding hydrogens is 268 g/mol. The van der Waals surface area contributed by atoms with E-state index in [-0.39, 0.29) is 0 Å². The van der Waals surface area contributed by atoms with Gasteiger partial charge in [-0.15, -0.1) is 0 Å². The topological polar surface area (TPSA) is 24.9 Å². The SMILES string of the molecule is CCNC(CCCc1ccccc1)c1ccc(Cl)cn1. The van der Waals surface area contributed by atoms with Gasteiger partial charge in [-0.1, -0.05) is 48.9 Å². The van der Waals surface area contributed by atoms with E-state index in [4.69, 9.17) is 11.6 Å². The highest BCUT2D eigenvalue weighted by Crippen LogP contribution is 2.19. The molecule has 0 aliphatic rings. The third-order valence-corrected chi connectivity index (χ3v) is 3.58. The van der Waals surface area contributed by atoms with E-state index in [1.54, 1.807) is 6.20 Å². The number of hydrogen-bond donors (Lipinski definition) is 1. The first-order valence-electron chi connectivity index (χ1n) is 7.18. The smallest absolute Gasteiger partial charge is 0.0589 e. The molecule has 0 spiro atoms. The van der Waals surface area contributed by atoms with Crippen LogP contribution < -0.4 is 5.32 Å². The van der Waals surface area contributed by atoms with Gasteiger partial charge in [0.15, 0.2) is 0 Å². The lowest BCUT2D eigenvalue weighted by Gasteiger charge is -2.17. The minimum absolute atomic E-state index is 0.306. The number of benzene rings is 1. The summed E-state index contributed by atoms with van der Waals surface area (Å²) < 4.78 is 0. The minimum atomic E-state index is 0.306. The number of pyridine rings is 1. The van der Waals surface area contributed by atoms with Crippen molar-refractivity contribution in [3.8, 4) is 0 Å². The molecule has 1 atom stereocenters. The lowest BCUT2D eigenvalue weighted by Crippen LogP contribution is -2.22. The molecule has 20 heavy (non-hydrogen) atoms. The number of nitrogens with one attached hydrogen (secondary N) is 1. The van der Waals surface area contributed by atoms with Crippen molar-refractivity contribution in [3.63, 3.8) is 0 Å². The molecule has 2 aromatic rings. The molecule has 1 aromatic heterocycles. The van der Waals surface area contributed by atoms with Gasteiger partial charge in [-0.25, -0.2) is 0 Å². The molecule has 106 valence electrons. The maximum absolute atomic E-state index is 5.89. The molecule has 0 bridgehead atoms. The Hall–Kier alpha value is -1.38. The van der Waals surface area contributed by atoms with Gasteiger partial charge in [-0.2, -0.15) is 0 Å². The van der Waals surface area contributed by atoms with E-state index in [0.717, 1.165) is 31.5 Å². The van der Waals surface area contributed by atoms with Gasteiger partial charge in [0.1, 0.15) is 0 Å². The van der Waals surface area contributed by atoms with Crippen LogP contribution in [-0.2, 0) is 6.42 Å². The molecule has 0 radical (unpaired) electrons. The number of aryl methyl sites for hydroxylation is 1. The van der Waals surface area contributed by atoms with Crippen molar-refractivity contribution in [1.29, 1.82) is 0 Å². The number of hydrogen-bond acceptors (Lipinski definition) is 2. The predicted molar refractivity (Wildman–Crippen MR) is 85.0 cm³/mol. The van der Waals surface area contributed by atoms with Crippen molar-refractivity contribution in [2.75, 3.05) is 6.54 Å². The fraction of sp³-hybridized carbons (Fsp3) is 0.353. The average molecular weight is 289 g/mol. The molecule has 0 aliphatic carbocycles. The molecule has 0 saturated carbocycles. The van der Waals surface area contributed by atoms with Gasteiger partial charge in [0.05, 0.1) is 10.7 Å². The largest absolute Gasteiger partial charge is 0.309 e. The van der Waals surface area contributed by atoms with Crippen LogP contribution in [0.25, 0.3) is 0 Å². The Morgan fingerprint density at radius 2 is 1.95 bits per heavy atom. The second-order valence-electron chi connectivity index (χ2n) is 4.89. The highest BCUT2D eigenvalue weighted by molar-refractivity contribution is 6.30. The summed E-state index contributed by atoms with van der Waals surface area (Å²) in [6, 6.07) is 14.8. The summed E-state index contributed by atoms with van der Waals surface area (Å²) in [7, 11) is 0. The zero-order valence-corrected chi connectivity index (χ0v) is 12.6. The summed E-state index contributed by atoms with van der Waals surface area (Å²) >= 11 is 5.89. The summed E-state index contributed by atoms with van der Waals surface area (Å²) in [5, 5.41) is 4.19. The Morgan fingerprint density at radius 3 is 2.60 bits per heavy atom. The van der Waals surface area contributed by atoms with Gasteiger partial charge in [0, 0.05) is 12.2 Å². The summed E-state index contributed by atoms with van der Waals surface area (Å²) in [6.07, 6.45) is 5.05. The highest BCUT2D eigenvalue weighted by Gasteiger charge is 2.11. The Bertz CT molecular complexity index is 496. The summed E-state index contributed by atoms with van der Waals surface area (Å²) in [6.45, 7) is 3.07. The highest BCUT2D eigenvalue weighted by atomic mass is 35.5. The van der Waals surface area contributed by atoms with E-state index in [1.165, 1.54) is 5.56 Å². The fourth-order valence-corrected chi connectivity index (χ4v) is 2.46. The van der Waals surface area contributed by atoms with Crippen molar-refractivity contribution >= 4 is 11.6 Å². The minimum Gasteiger partial charge on any atom is -0.309 e. The van der Waals surface area contributed by atoms with Gasteiger partial charge in [0.2, 0.25) is 0 Å². The second-order valence-corrected chi connectivity index (χ2v) is 5.33. The van der Waals surface area contributed by atoms with Gasteiger partial charge in [-0.3, -0.25) is 4.98 Å². The molecule has 1 aromatic carbocycles. The Labute approximate surface area is 126 Å². The van der Waals surface area contributed by atoms with Crippen LogP contribution in [0.3, 0.4) is 0 Å². The van der Waals surface area contributed by atoms with Crippen molar-refractivity contribution in [2.45, 2.75) is 32.2 Å². The standard InChI is InChI=1S/C17H21ClN2/c1-2-19-16(17-12-11-15(18)13-20-17)10-6-9-14-7-4-3-5-8-14/h3-5,7-8,11-13,16,19H,2,6,9-10H2,1H3. The van der Waals surface area contributed by atoms with Crippen LogP contribution in [-0.4, -0.2) is 11.5 Å². The van der Waals surface area contributed by atoms with Crippen molar-refractivity contribution in [1.82, 2.24) is 10.3 Å². The molecule has 2 rings (SSSR count). The first-order valence-corrected chi connectivity index (χ1v) is 7.56. The summed E-state index contributed by atoms with van der Waals surface area (Å²) in [4.78, 5) is 4.43. The molecule has 0 saturated heterocycles. The van der Waals surface area contributed by atoms with Crippen LogP contribution in [0.15, 0.2) is 48.7 Å². The first kappa shape index (κ1) is 15.0. The third kappa shape index (κ3) is 4.62. The van der Waals surface area contributed by atoms with Crippen LogP contribution >= 0.6 is 11.6 Å². The van der Waals surface area contributed by atoms with Gasteiger partial charge in [-0.05, 0) is 43.5 Å². The normalized spacial score (nSPS) is 12.3. The maximum Gasteiger partial charge on any atom is 0.0589 e.